The van der Waals surface area contributed by atoms with Gasteiger partial charge in [0.05, 0.1) is 17.7 Å². The van der Waals surface area contributed by atoms with Crippen molar-refractivity contribution in [1.29, 1.82) is 0 Å². The van der Waals surface area contributed by atoms with E-state index in [9.17, 15) is 14.4 Å². The van der Waals surface area contributed by atoms with E-state index >= 15 is 0 Å². The number of anilines is 1. The predicted molar refractivity (Wildman–Crippen MR) is 162 cm³/mol. The fraction of sp³-hybridized carbons (Fsp3) is 0.143. The van der Waals surface area contributed by atoms with Gasteiger partial charge in [0.1, 0.15) is 15.4 Å². The Morgan fingerprint density at radius 2 is 1.97 bits per heavy atom. The van der Waals surface area contributed by atoms with Crippen molar-refractivity contribution in [3.8, 4) is 20.9 Å². The average molecular weight is 594 g/mol. The molecular weight excluding hydrogens is 571 g/mol. The highest BCUT2D eigenvalue weighted by molar-refractivity contribution is 7.99. The predicted octanol–water partition coefficient (Wildman–Crippen LogP) is 7.01. The first-order valence-corrected chi connectivity index (χ1v) is 15.5. The van der Waals surface area contributed by atoms with E-state index in [0.29, 0.717) is 25.9 Å². The Morgan fingerprint density at radius 3 is 2.69 bits per heavy atom. The molecular formula is C28H23N3O4S4. The quantitative estimate of drug-likeness (QED) is 0.0811. The van der Waals surface area contributed by atoms with Crippen LogP contribution in [0, 0.1) is 0 Å². The van der Waals surface area contributed by atoms with Crippen LogP contribution in [0.3, 0.4) is 0 Å². The second-order valence-electron chi connectivity index (χ2n) is 8.18. The molecule has 0 aliphatic carbocycles. The summed E-state index contributed by atoms with van der Waals surface area (Å²) in [4.78, 5) is 46.3. The van der Waals surface area contributed by atoms with Gasteiger partial charge < -0.3 is 10.1 Å². The van der Waals surface area contributed by atoms with Crippen molar-refractivity contribution in [2.24, 2.45) is 0 Å². The summed E-state index contributed by atoms with van der Waals surface area (Å²) in [5, 5.41) is 8.03. The Bertz CT molecular complexity index is 1700. The van der Waals surface area contributed by atoms with E-state index in [0.717, 1.165) is 20.9 Å². The number of benzene rings is 1. The van der Waals surface area contributed by atoms with Crippen LogP contribution in [-0.2, 0) is 16.1 Å². The van der Waals surface area contributed by atoms with Crippen LogP contribution in [0.5, 0.6) is 0 Å². The highest BCUT2D eigenvalue weighted by Gasteiger charge is 2.24. The number of thiophene rings is 3. The number of nitrogens with one attached hydrogen (secondary N) is 1. The third kappa shape index (κ3) is 5.76. The molecule has 1 amide bonds. The van der Waals surface area contributed by atoms with Gasteiger partial charge in [-0.1, -0.05) is 54.2 Å². The largest absolute Gasteiger partial charge is 0.462 e. The molecule has 39 heavy (non-hydrogen) atoms. The van der Waals surface area contributed by atoms with Crippen LogP contribution < -0.4 is 10.9 Å². The Balaban J connectivity index is 1.39. The van der Waals surface area contributed by atoms with Gasteiger partial charge in [-0.3, -0.25) is 14.2 Å². The molecule has 11 heteroatoms. The summed E-state index contributed by atoms with van der Waals surface area (Å²) in [5.74, 6) is -0.801. The van der Waals surface area contributed by atoms with Crippen LogP contribution >= 0.6 is 45.8 Å². The Labute approximate surface area is 240 Å². The topological polar surface area (TPSA) is 90.3 Å². The monoisotopic (exact) mass is 593 g/mol. The van der Waals surface area contributed by atoms with Gasteiger partial charge in [0.25, 0.3) is 5.56 Å². The van der Waals surface area contributed by atoms with Crippen LogP contribution in [0.2, 0.25) is 0 Å². The molecule has 1 aromatic carbocycles. The first-order valence-electron chi connectivity index (χ1n) is 12.0. The van der Waals surface area contributed by atoms with Crippen LogP contribution in [-0.4, -0.2) is 33.8 Å². The Morgan fingerprint density at radius 1 is 1.15 bits per heavy atom. The number of thioether (sulfide) groups is 1. The molecule has 4 aromatic heterocycles. The van der Waals surface area contributed by atoms with E-state index < -0.39 is 5.97 Å². The molecule has 0 aliphatic heterocycles. The lowest BCUT2D eigenvalue weighted by Crippen LogP contribution is -2.23. The highest BCUT2D eigenvalue weighted by Crippen LogP contribution is 2.38. The van der Waals surface area contributed by atoms with E-state index in [1.807, 2.05) is 59.3 Å². The summed E-state index contributed by atoms with van der Waals surface area (Å²) < 4.78 is 6.79. The van der Waals surface area contributed by atoms with Crippen molar-refractivity contribution in [2.75, 3.05) is 17.7 Å². The number of allylic oxidation sites excluding steroid dienone is 1. The van der Waals surface area contributed by atoms with Crippen molar-refractivity contribution in [3.63, 3.8) is 0 Å². The van der Waals surface area contributed by atoms with Crippen molar-refractivity contribution >= 4 is 72.9 Å². The number of fused-ring (bicyclic) bond motifs is 1. The first-order chi connectivity index (χ1) is 19.0. The van der Waals surface area contributed by atoms with Crippen LogP contribution in [0.25, 0.3) is 31.1 Å². The Hall–Kier alpha value is -3.51. The third-order valence-electron chi connectivity index (χ3n) is 5.63. The molecule has 0 radical (unpaired) electrons. The fourth-order valence-corrected chi connectivity index (χ4v) is 7.58. The molecule has 0 atom stereocenters. The molecule has 0 saturated heterocycles. The van der Waals surface area contributed by atoms with E-state index in [-0.39, 0.29) is 30.4 Å². The summed E-state index contributed by atoms with van der Waals surface area (Å²) in [6, 6.07) is 15.5. The third-order valence-corrected chi connectivity index (χ3v) is 9.48. The maximum absolute atomic E-state index is 13.3. The van der Waals surface area contributed by atoms with Crippen LogP contribution in [0.15, 0.2) is 81.9 Å². The zero-order chi connectivity index (χ0) is 27.4. The summed E-state index contributed by atoms with van der Waals surface area (Å²) in [6.07, 6.45) is 1.63. The zero-order valence-electron chi connectivity index (χ0n) is 20.8. The standard InChI is InChI=1S/C28H23N3O4S4/c1-3-12-31-26(33)18-14-21(17-9-6-5-7-10-17)39-24(18)30-28(31)38-16-22(32)29-25-23(27(34)35-4-2)19(15-37-25)20-11-8-13-36-20/h3,5-11,13-15H,1,4,12,16H2,2H3,(H,29,32). The van der Waals surface area contributed by atoms with E-state index in [1.165, 1.54) is 50.3 Å². The molecule has 0 spiro atoms. The van der Waals surface area contributed by atoms with Gasteiger partial charge in [0.15, 0.2) is 5.16 Å². The molecule has 198 valence electrons. The molecule has 0 aliphatic rings. The molecule has 7 nitrogen and oxygen atoms in total. The molecule has 1 N–H and O–H groups in total. The molecule has 5 aromatic rings. The second kappa shape index (κ2) is 12.1. The minimum atomic E-state index is -0.482. The van der Waals surface area contributed by atoms with E-state index in [4.69, 9.17) is 9.72 Å². The number of esters is 1. The minimum absolute atomic E-state index is 0.000504. The number of aromatic nitrogens is 2. The molecule has 4 heterocycles. The second-order valence-corrected chi connectivity index (χ2v) is 12.0. The van der Waals surface area contributed by atoms with E-state index in [2.05, 4.69) is 11.9 Å². The smallest absolute Gasteiger partial charge is 0.341 e. The number of hydrogen-bond acceptors (Lipinski definition) is 9. The van der Waals surface area contributed by atoms with Crippen molar-refractivity contribution in [1.82, 2.24) is 9.55 Å². The summed E-state index contributed by atoms with van der Waals surface area (Å²) in [7, 11) is 0. The molecule has 5 rings (SSSR count). The first kappa shape index (κ1) is 27.1. The van der Waals surface area contributed by atoms with Gasteiger partial charge in [-0.15, -0.1) is 40.6 Å². The molecule has 0 saturated carbocycles. The van der Waals surface area contributed by atoms with Gasteiger partial charge in [-0.05, 0) is 30.0 Å². The summed E-state index contributed by atoms with van der Waals surface area (Å²) in [6.45, 7) is 6.01. The Kier molecular flexibility index (Phi) is 8.41. The lowest BCUT2D eigenvalue weighted by Gasteiger charge is -2.10. The van der Waals surface area contributed by atoms with Crippen molar-refractivity contribution in [2.45, 2.75) is 18.6 Å². The van der Waals surface area contributed by atoms with Crippen molar-refractivity contribution in [3.05, 3.63) is 87.9 Å². The number of amides is 1. The van der Waals surface area contributed by atoms with E-state index in [1.54, 1.807) is 13.0 Å². The lowest BCUT2D eigenvalue weighted by atomic mass is 10.1. The fourth-order valence-electron chi connectivity index (χ4n) is 3.90. The molecule has 0 fully saturated rings. The SMILES string of the molecule is C=CCn1c(SCC(=O)Nc2scc(-c3cccs3)c2C(=O)OCC)nc2sc(-c3ccccc3)cc2c1=O. The molecule has 0 bridgehead atoms. The van der Waals surface area contributed by atoms with Gasteiger partial charge in [-0.25, -0.2) is 9.78 Å². The summed E-state index contributed by atoms with van der Waals surface area (Å²) in [5.41, 5.74) is 1.91. The maximum atomic E-state index is 13.3. The molecule has 0 unspecified atom stereocenters. The normalized spacial score (nSPS) is 11.0. The minimum Gasteiger partial charge on any atom is -0.462 e. The van der Waals surface area contributed by atoms with Gasteiger partial charge in [0, 0.05) is 27.2 Å². The number of nitrogens with zero attached hydrogens (tertiary/aromatic N) is 2. The number of carbonyl (C=O) groups excluding carboxylic acids is 2. The average Bonchev–Trinajstić information content (AvgIpc) is 3.70. The van der Waals surface area contributed by atoms with Gasteiger partial charge in [0.2, 0.25) is 5.91 Å². The highest BCUT2D eigenvalue weighted by atomic mass is 32.2. The zero-order valence-corrected chi connectivity index (χ0v) is 24.1. The van der Waals surface area contributed by atoms with Crippen molar-refractivity contribution < 1.29 is 14.3 Å². The van der Waals surface area contributed by atoms with Gasteiger partial charge in [-0.2, -0.15) is 0 Å². The number of carbonyl (C=O) groups is 2. The number of ether oxygens (including phenoxy) is 1. The summed E-state index contributed by atoms with van der Waals surface area (Å²) >= 11 is 5.39. The number of rotatable bonds is 10. The van der Waals surface area contributed by atoms with Crippen LogP contribution in [0.4, 0.5) is 5.00 Å². The van der Waals surface area contributed by atoms with Crippen LogP contribution in [0.1, 0.15) is 17.3 Å². The lowest BCUT2D eigenvalue weighted by molar-refractivity contribution is -0.113. The van der Waals surface area contributed by atoms with Gasteiger partial charge >= 0.3 is 5.97 Å². The maximum Gasteiger partial charge on any atom is 0.341 e. The number of hydrogen-bond donors (Lipinski definition) is 1.